The van der Waals surface area contributed by atoms with Crippen molar-refractivity contribution in [1.82, 2.24) is 0 Å². The summed E-state index contributed by atoms with van der Waals surface area (Å²) < 4.78 is 6.11. The lowest BCUT2D eigenvalue weighted by atomic mass is 9.79. The fraction of sp³-hybridized carbons (Fsp3) is 0.367. The fourth-order valence-corrected chi connectivity index (χ4v) is 4.20. The molecule has 1 N–H and O–H groups in total. The maximum atomic E-state index is 12.4. The van der Waals surface area contributed by atoms with Crippen molar-refractivity contribution in [2.45, 2.75) is 66.2 Å². The van der Waals surface area contributed by atoms with Gasteiger partial charge in [-0.1, -0.05) is 76.6 Å². The molecule has 3 nitrogen and oxygen atoms in total. The second-order valence-corrected chi connectivity index (χ2v) is 10.1. The minimum Gasteiger partial charge on any atom is -0.481 e. The molecule has 0 aliphatic heterocycles. The smallest absolute Gasteiger partial charge is 0.311 e. The zero-order valence-electron chi connectivity index (χ0n) is 20.5. The Kier molecular flexibility index (Phi) is 7.97. The average Bonchev–Trinajstić information content (AvgIpc) is 2.77. The second kappa shape index (κ2) is 10.7. The Bertz CT molecular complexity index is 1080. The lowest BCUT2D eigenvalue weighted by Crippen LogP contribution is -2.20. The Morgan fingerprint density at radius 1 is 0.970 bits per heavy atom. The van der Waals surface area contributed by atoms with Crippen LogP contribution >= 0.6 is 0 Å². The van der Waals surface area contributed by atoms with Crippen molar-refractivity contribution in [3.63, 3.8) is 0 Å². The van der Waals surface area contributed by atoms with Crippen LogP contribution in [0.5, 0.6) is 11.5 Å². The number of hydrogen-bond donors (Lipinski definition) is 1. The van der Waals surface area contributed by atoms with Crippen molar-refractivity contribution < 1.29 is 14.6 Å². The number of rotatable bonds is 9. The molecular formula is C30H36O3. The van der Waals surface area contributed by atoms with E-state index in [0.29, 0.717) is 12.2 Å². The Labute approximate surface area is 198 Å². The highest BCUT2D eigenvalue weighted by atomic mass is 16.5. The predicted molar refractivity (Wildman–Crippen MR) is 136 cm³/mol. The molecule has 1 unspecified atom stereocenters. The molecule has 174 valence electrons. The summed E-state index contributed by atoms with van der Waals surface area (Å²) >= 11 is 0. The molecule has 0 fully saturated rings. The third-order valence-corrected chi connectivity index (χ3v) is 5.95. The molecule has 0 heterocycles. The van der Waals surface area contributed by atoms with Crippen molar-refractivity contribution in [1.29, 1.82) is 0 Å². The van der Waals surface area contributed by atoms with Crippen molar-refractivity contribution >= 4 is 5.97 Å². The van der Waals surface area contributed by atoms with Crippen LogP contribution in [0.3, 0.4) is 0 Å². The van der Waals surface area contributed by atoms with Crippen LogP contribution in [0.1, 0.15) is 69.6 Å². The zero-order valence-corrected chi connectivity index (χ0v) is 20.5. The number of hydrogen-bond acceptors (Lipinski definition) is 2. The molecule has 0 spiro atoms. The van der Waals surface area contributed by atoms with Gasteiger partial charge in [0, 0.05) is 0 Å². The molecule has 3 heteroatoms. The Hall–Kier alpha value is -3.07. The van der Waals surface area contributed by atoms with Gasteiger partial charge in [0.1, 0.15) is 11.5 Å². The highest BCUT2D eigenvalue weighted by Gasteiger charge is 2.29. The van der Waals surface area contributed by atoms with Crippen LogP contribution in [0, 0.1) is 12.3 Å². The van der Waals surface area contributed by atoms with E-state index in [9.17, 15) is 9.90 Å². The normalized spacial score (nSPS) is 12.4. The van der Waals surface area contributed by atoms with Crippen molar-refractivity contribution in [2.24, 2.45) is 5.41 Å². The van der Waals surface area contributed by atoms with E-state index in [2.05, 4.69) is 52.8 Å². The number of para-hydroxylation sites is 1. The zero-order chi connectivity index (χ0) is 24.0. The lowest BCUT2D eigenvalue weighted by molar-refractivity contribution is -0.139. The maximum Gasteiger partial charge on any atom is 0.311 e. The van der Waals surface area contributed by atoms with Crippen LogP contribution in [-0.2, 0) is 11.2 Å². The van der Waals surface area contributed by atoms with E-state index in [1.54, 1.807) is 0 Å². The quantitative estimate of drug-likeness (QED) is 0.360. The number of aryl methyl sites for hydroxylation is 2. The van der Waals surface area contributed by atoms with Crippen LogP contribution in [0.15, 0.2) is 66.7 Å². The first kappa shape index (κ1) is 24.6. The summed E-state index contributed by atoms with van der Waals surface area (Å²) in [6, 6.07) is 22.0. The topological polar surface area (TPSA) is 46.5 Å². The number of unbranched alkanes of at least 4 members (excludes halogenated alkanes) is 1. The number of carboxylic acid groups (broad SMARTS) is 1. The molecule has 0 aliphatic carbocycles. The molecule has 0 amide bonds. The van der Waals surface area contributed by atoms with Crippen LogP contribution in [0.25, 0.3) is 11.1 Å². The molecule has 33 heavy (non-hydrogen) atoms. The molecule has 3 aromatic rings. The monoisotopic (exact) mass is 444 g/mol. The minimum absolute atomic E-state index is 0.112. The van der Waals surface area contributed by atoms with E-state index in [1.807, 2.05) is 48.5 Å². The molecule has 1 atom stereocenters. The van der Waals surface area contributed by atoms with Crippen molar-refractivity contribution in [2.75, 3.05) is 0 Å². The lowest BCUT2D eigenvalue weighted by Gasteiger charge is -2.26. The van der Waals surface area contributed by atoms with Gasteiger partial charge in [0.15, 0.2) is 0 Å². The van der Waals surface area contributed by atoms with Crippen molar-refractivity contribution in [3.05, 3.63) is 83.4 Å². The minimum atomic E-state index is -0.791. The first-order chi connectivity index (χ1) is 15.7. The first-order valence-electron chi connectivity index (χ1n) is 11.9. The number of benzene rings is 3. The Morgan fingerprint density at radius 3 is 2.33 bits per heavy atom. The molecule has 0 saturated carbocycles. The molecule has 0 radical (unpaired) electrons. The molecule has 0 aromatic heterocycles. The number of carbonyl (C=O) groups is 1. The molecule has 0 bridgehead atoms. The van der Waals surface area contributed by atoms with Crippen LogP contribution in [-0.4, -0.2) is 11.1 Å². The largest absolute Gasteiger partial charge is 0.481 e. The standard InChI is InChI=1S/C30H36O3/c1-6-7-11-22-18-23(15-14-21(22)2)27-19-25(33-24-12-9-8-10-13-24)16-17-26(27)28(29(31)32)20-30(3,4)5/h8-10,12-19,28H,6-7,11,20H2,1-5H3,(H,31,32). The summed E-state index contributed by atoms with van der Waals surface area (Å²) in [5, 5.41) is 10.1. The van der Waals surface area contributed by atoms with E-state index in [1.165, 1.54) is 11.1 Å². The van der Waals surface area contributed by atoms with Gasteiger partial charge in [-0.2, -0.15) is 0 Å². The fourth-order valence-electron chi connectivity index (χ4n) is 4.20. The summed E-state index contributed by atoms with van der Waals surface area (Å²) in [6.07, 6.45) is 3.86. The van der Waals surface area contributed by atoms with Crippen LogP contribution in [0.2, 0.25) is 0 Å². The Balaban J connectivity index is 2.12. The van der Waals surface area contributed by atoms with Gasteiger partial charge in [-0.3, -0.25) is 4.79 Å². The van der Waals surface area contributed by atoms with E-state index in [4.69, 9.17) is 4.74 Å². The third kappa shape index (κ3) is 6.71. The van der Waals surface area contributed by atoms with Gasteiger partial charge in [-0.25, -0.2) is 0 Å². The molecule has 0 saturated heterocycles. The van der Waals surface area contributed by atoms with E-state index in [-0.39, 0.29) is 5.41 Å². The molecule has 3 rings (SSSR count). The summed E-state index contributed by atoms with van der Waals surface area (Å²) in [6.45, 7) is 10.6. The average molecular weight is 445 g/mol. The molecule has 3 aromatic carbocycles. The SMILES string of the molecule is CCCCc1cc(-c2cc(Oc3ccccc3)ccc2C(CC(C)(C)C)C(=O)O)ccc1C. The summed E-state index contributed by atoms with van der Waals surface area (Å²) in [4.78, 5) is 12.4. The van der Waals surface area contributed by atoms with Gasteiger partial charge in [-0.15, -0.1) is 0 Å². The number of ether oxygens (including phenoxy) is 1. The second-order valence-electron chi connectivity index (χ2n) is 10.1. The highest BCUT2D eigenvalue weighted by molar-refractivity contribution is 5.82. The van der Waals surface area contributed by atoms with Gasteiger partial charge < -0.3 is 9.84 Å². The summed E-state index contributed by atoms with van der Waals surface area (Å²) in [7, 11) is 0. The van der Waals surface area contributed by atoms with E-state index < -0.39 is 11.9 Å². The Morgan fingerprint density at radius 2 is 1.70 bits per heavy atom. The third-order valence-electron chi connectivity index (χ3n) is 5.95. The van der Waals surface area contributed by atoms with Crippen LogP contribution in [0.4, 0.5) is 0 Å². The van der Waals surface area contributed by atoms with Gasteiger partial charge in [0.05, 0.1) is 5.92 Å². The van der Waals surface area contributed by atoms with Gasteiger partial charge in [0.2, 0.25) is 0 Å². The van der Waals surface area contributed by atoms with Gasteiger partial charge >= 0.3 is 5.97 Å². The van der Waals surface area contributed by atoms with Crippen LogP contribution < -0.4 is 4.74 Å². The molecular weight excluding hydrogens is 408 g/mol. The summed E-state index contributed by atoms with van der Waals surface area (Å²) in [5.74, 6) is 0.0798. The van der Waals surface area contributed by atoms with Gasteiger partial charge in [0.25, 0.3) is 0 Å². The van der Waals surface area contributed by atoms with Crippen molar-refractivity contribution in [3.8, 4) is 22.6 Å². The number of aliphatic carboxylic acids is 1. The first-order valence-corrected chi connectivity index (χ1v) is 11.9. The van der Waals surface area contributed by atoms with Gasteiger partial charge in [-0.05, 0) is 83.7 Å². The summed E-state index contributed by atoms with van der Waals surface area (Å²) in [5.41, 5.74) is 5.28. The van der Waals surface area contributed by atoms with E-state index in [0.717, 1.165) is 41.7 Å². The number of carboxylic acids is 1. The van der Waals surface area contributed by atoms with E-state index >= 15 is 0 Å². The molecule has 0 aliphatic rings. The maximum absolute atomic E-state index is 12.4. The highest BCUT2D eigenvalue weighted by Crippen LogP contribution is 2.39. The predicted octanol–water partition coefficient (Wildman–Crippen LogP) is 8.40.